The summed E-state index contributed by atoms with van der Waals surface area (Å²) in [5.74, 6) is -0.224. The van der Waals surface area contributed by atoms with E-state index in [0.717, 1.165) is 27.8 Å². The van der Waals surface area contributed by atoms with E-state index in [1.165, 1.54) is 7.11 Å². The van der Waals surface area contributed by atoms with Crippen molar-refractivity contribution < 1.29 is 28.6 Å². The molecular formula is C35H34N2O6. The number of methoxy groups -OCH3 is 1. The first-order chi connectivity index (χ1) is 21.0. The highest BCUT2D eigenvalue weighted by Gasteiger charge is 2.41. The van der Waals surface area contributed by atoms with Crippen molar-refractivity contribution >= 4 is 18.0 Å². The first kappa shape index (κ1) is 29.4. The van der Waals surface area contributed by atoms with E-state index in [4.69, 9.17) is 14.2 Å². The Kier molecular flexibility index (Phi) is 9.69. The summed E-state index contributed by atoms with van der Waals surface area (Å²) in [7, 11) is 1.31. The molecule has 8 heteroatoms. The number of hydrogen-bond donors (Lipinski definition) is 1. The summed E-state index contributed by atoms with van der Waals surface area (Å²) in [4.78, 5) is 40.8. The Hall–Kier alpha value is -5.11. The molecule has 0 unspecified atom stereocenters. The molecule has 0 fully saturated rings. The van der Waals surface area contributed by atoms with Gasteiger partial charge >= 0.3 is 12.1 Å². The fourth-order valence-corrected chi connectivity index (χ4v) is 5.35. The molecule has 0 radical (unpaired) electrons. The third-order valence-electron chi connectivity index (χ3n) is 7.43. The van der Waals surface area contributed by atoms with Crippen LogP contribution < -0.4 is 10.1 Å². The van der Waals surface area contributed by atoms with Crippen LogP contribution in [0.1, 0.15) is 33.9 Å². The number of nitrogens with zero attached hydrogens (tertiary/aromatic N) is 1. The lowest BCUT2D eigenvalue weighted by Crippen LogP contribution is -2.54. The molecule has 4 aromatic carbocycles. The first-order valence-corrected chi connectivity index (χ1v) is 14.2. The van der Waals surface area contributed by atoms with Gasteiger partial charge in [0.1, 0.15) is 31.5 Å². The van der Waals surface area contributed by atoms with Gasteiger partial charge in [0.15, 0.2) is 0 Å². The van der Waals surface area contributed by atoms with Crippen LogP contribution in [0, 0.1) is 0 Å². The highest BCUT2D eigenvalue weighted by Crippen LogP contribution is 2.36. The number of benzene rings is 4. The molecule has 2 atom stereocenters. The molecule has 0 saturated carbocycles. The van der Waals surface area contributed by atoms with Crippen LogP contribution in [0.4, 0.5) is 4.79 Å². The Labute approximate surface area is 251 Å². The second-order valence-electron chi connectivity index (χ2n) is 10.3. The summed E-state index contributed by atoms with van der Waals surface area (Å²) in [6.07, 6.45) is 0.0186. The number of ether oxygens (including phenoxy) is 3. The lowest BCUT2D eigenvalue weighted by atomic mass is 9.85. The van der Waals surface area contributed by atoms with Crippen LogP contribution in [0.3, 0.4) is 0 Å². The van der Waals surface area contributed by atoms with Crippen molar-refractivity contribution in [2.45, 2.75) is 38.1 Å². The Morgan fingerprint density at radius 1 is 0.791 bits per heavy atom. The standard InChI is InChI=1S/C35H34N2O6/c1-41-34(39)32-21-28-16-8-9-18-30(28)31(20-27-15-10-17-29(19-27)42-23-25-11-4-2-5-12-25)37(32)33(38)22-36-35(40)43-24-26-13-6-3-7-14-26/h2-19,31-32H,20-24H2,1H3,(H,36,40)/t31-,32+/m1/s1. The largest absolute Gasteiger partial charge is 0.489 e. The molecule has 220 valence electrons. The van der Waals surface area contributed by atoms with Gasteiger partial charge in [0.05, 0.1) is 13.2 Å². The Morgan fingerprint density at radius 2 is 1.44 bits per heavy atom. The van der Waals surface area contributed by atoms with Crippen LogP contribution in [0.2, 0.25) is 0 Å². The number of carbonyl (C=O) groups excluding carboxylic acids is 3. The molecule has 0 aliphatic carbocycles. The summed E-state index contributed by atoms with van der Waals surface area (Å²) in [5, 5.41) is 2.55. The van der Waals surface area contributed by atoms with Gasteiger partial charge in [-0.3, -0.25) is 4.79 Å². The van der Waals surface area contributed by atoms with Gasteiger partial charge in [-0.15, -0.1) is 0 Å². The number of amides is 2. The molecule has 0 aromatic heterocycles. The lowest BCUT2D eigenvalue weighted by molar-refractivity contribution is -0.155. The average Bonchev–Trinajstić information content (AvgIpc) is 3.06. The van der Waals surface area contributed by atoms with Crippen molar-refractivity contribution in [2.75, 3.05) is 13.7 Å². The summed E-state index contributed by atoms with van der Waals surface area (Å²) in [5.41, 5.74) is 4.74. The fraction of sp³-hybridized carbons (Fsp3) is 0.229. The zero-order valence-electron chi connectivity index (χ0n) is 24.0. The van der Waals surface area contributed by atoms with E-state index in [9.17, 15) is 14.4 Å². The molecule has 0 saturated heterocycles. The topological polar surface area (TPSA) is 94.2 Å². The van der Waals surface area contributed by atoms with Gasteiger partial charge in [-0.2, -0.15) is 0 Å². The molecule has 5 rings (SSSR count). The van der Waals surface area contributed by atoms with Crippen molar-refractivity contribution in [3.8, 4) is 5.75 Å². The number of carbonyl (C=O) groups is 3. The Balaban J connectivity index is 1.35. The van der Waals surface area contributed by atoms with Gasteiger partial charge in [-0.05, 0) is 46.4 Å². The van der Waals surface area contributed by atoms with E-state index < -0.39 is 30.1 Å². The molecule has 8 nitrogen and oxygen atoms in total. The molecule has 0 spiro atoms. The number of esters is 1. The maximum atomic E-state index is 13.8. The van der Waals surface area contributed by atoms with Crippen molar-refractivity contribution in [1.82, 2.24) is 10.2 Å². The molecule has 1 N–H and O–H groups in total. The van der Waals surface area contributed by atoms with Crippen molar-refractivity contribution in [1.29, 1.82) is 0 Å². The van der Waals surface area contributed by atoms with E-state index in [-0.39, 0.29) is 13.2 Å². The van der Waals surface area contributed by atoms with Gasteiger partial charge in [-0.25, -0.2) is 9.59 Å². The predicted octanol–water partition coefficient (Wildman–Crippen LogP) is 5.40. The van der Waals surface area contributed by atoms with E-state index in [2.05, 4.69) is 5.32 Å². The Morgan fingerprint density at radius 3 is 2.16 bits per heavy atom. The summed E-state index contributed by atoms with van der Waals surface area (Å²) < 4.78 is 16.5. The molecule has 1 aliphatic heterocycles. The molecule has 1 heterocycles. The average molecular weight is 579 g/mol. The second-order valence-corrected chi connectivity index (χ2v) is 10.3. The van der Waals surface area contributed by atoms with Crippen LogP contribution in [0.5, 0.6) is 5.75 Å². The van der Waals surface area contributed by atoms with E-state index in [0.29, 0.717) is 25.2 Å². The van der Waals surface area contributed by atoms with Crippen LogP contribution in [-0.4, -0.2) is 42.6 Å². The van der Waals surface area contributed by atoms with E-state index >= 15 is 0 Å². The summed E-state index contributed by atoms with van der Waals surface area (Å²) in [6, 6.07) is 33.4. The van der Waals surface area contributed by atoms with Crippen LogP contribution in [-0.2, 0) is 45.1 Å². The third-order valence-corrected chi connectivity index (χ3v) is 7.43. The van der Waals surface area contributed by atoms with Crippen molar-refractivity contribution in [2.24, 2.45) is 0 Å². The summed E-state index contributed by atoms with van der Waals surface area (Å²) >= 11 is 0. The SMILES string of the molecule is COC(=O)[C@@H]1Cc2ccccc2[C@@H](Cc2cccc(OCc3ccccc3)c2)N1C(=O)CNC(=O)OCc1ccccc1. The molecule has 0 bridgehead atoms. The van der Waals surface area contributed by atoms with E-state index in [1.54, 1.807) is 4.90 Å². The van der Waals surface area contributed by atoms with Crippen molar-refractivity contribution in [3.05, 3.63) is 137 Å². The minimum atomic E-state index is -0.850. The maximum Gasteiger partial charge on any atom is 0.407 e. The third kappa shape index (κ3) is 7.60. The quantitative estimate of drug-likeness (QED) is 0.253. The Bertz CT molecular complexity index is 1540. The number of fused-ring (bicyclic) bond motifs is 1. The van der Waals surface area contributed by atoms with Gasteiger partial charge < -0.3 is 24.4 Å². The number of alkyl carbamates (subject to hydrolysis) is 1. The van der Waals surface area contributed by atoms with Gasteiger partial charge in [-0.1, -0.05) is 97.1 Å². The zero-order valence-corrected chi connectivity index (χ0v) is 24.0. The number of rotatable bonds is 10. The highest BCUT2D eigenvalue weighted by atomic mass is 16.5. The smallest absolute Gasteiger partial charge is 0.407 e. The minimum Gasteiger partial charge on any atom is -0.489 e. The molecule has 4 aromatic rings. The number of hydrogen-bond acceptors (Lipinski definition) is 6. The fourth-order valence-electron chi connectivity index (χ4n) is 5.35. The first-order valence-electron chi connectivity index (χ1n) is 14.2. The molecule has 1 aliphatic rings. The maximum absolute atomic E-state index is 13.8. The van der Waals surface area contributed by atoms with Gasteiger partial charge in [0.25, 0.3) is 0 Å². The lowest BCUT2D eigenvalue weighted by Gasteiger charge is -2.42. The monoisotopic (exact) mass is 578 g/mol. The molecular weight excluding hydrogens is 544 g/mol. The zero-order chi connectivity index (χ0) is 30.0. The molecule has 2 amide bonds. The van der Waals surface area contributed by atoms with Gasteiger partial charge in [0, 0.05) is 6.42 Å². The van der Waals surface area contributed by atoms with Gasteiger partial charge in [0.2, 0.25) is 5.91 Å². The minimum absolute atomic E-state index is 0.0774. The van der Waals surface area contributed by atoms with Crippen LogP contribution >= 0.6 is 0 Å². The highest BCUT2D eigenvalue weighted by molar-refractivity contribution is 5.88. The van der Waals surface area contributed by atoms with E-state index in [1.807, 2.05) is 109 Å². The second kappa shape index (κ2) is 14.2. The predicted molar refractivity (Wildman–Crippen MR) is 161 cm³/mol. The van der Waals surface area contributed by atoms with Crippen LogP contribution in [0.25, 0.3) is 0 Å². The van der Waals surface area contributed by atoms with Crippen LogP contribution in [0.15, 0.2) is 109 Å². The van der Waals surface area contributed by atoms with Crippen molar-refractivity contribution in [3.63, 3.8) is 0 Å². The number of nitrogens with one attached hydrogen (secondary N) is 1. The normalized spacial score (nSPS) is 15.6. The summed E-state index contributed by atoms with van der Waals surface area (Å²) in [6.45, 7) is 0.172. The molecule has 43 heavy (non-hydrogen) atoms.